The average molecular weight is 562 g/mol. The Labute approximate surface area is 219 Å². The Kier molecular flexibility index (Phi) is 10.5. The number of benzene rings is 2. The zero-order valence-corrected chi connectivity index (χ0v) is 21.7. The Morgan fingerprint density at radius 1 is 0.921 bits per heavy atom. The van der Waals surface area contributed by atoms with Gasteiger partial charge in [0.2, 0.25) is 0 Å². The van der Waals surface area contributed by atoms with E-state index in [0.717, 1.165) is 11.1 Å². The van der Waals surface area contributed by atoms with Gasteiger partial charge in [-0.2, -0.15) is 16.8 Å². The molecule has 0 radical (unpaired) electrons. The first-order valence-electron chi connectivity index (χ1n) is 10.4. The van der Waals surface area contributed by atoms with Crippen molar-refractivity contribution in [1.82, 2.24) is 14.8 Å². The lowest BCUT2D eigenvalue weighted by atomic mass is 10.1. The summed E-state index contributed by atoms with van der Waals surface area (Å²) in [6.07, 6.45) is 2.83. The topological polar surface area (TPSA) is 185 Å². The van der Waals surface area contributed by atoms with Gasteiger partial charge in [-0.25, -0.2) is 9.31 Å². The van der Waals surface area contributed by atoms with Crippen LogP contribution in [0.15, 0.2) is 72.9 Å². The molecule has 0 saturated carbocycles. The minimum atomic E-state index is -3.67. The molecule has 0 spiro atoms. The van der Waals surface area contributed by atoms with E-state index in [1.807, 2.05) is 60.7 Å². The van der Waals surface area contributed by atoms with Crippen LogP contribution >= 0.6 is 0 Å². The quantitative estimate of drug-likeness (QED) is 0.245. The summed E-state index contributed by atoms with van der Waals surface area (Å²) in [6, 6.07) is 20.6. The van der Waals surface area contributed by atoms with E-state index in [9.17, 15) is 26.7 Å². The fourth-order valence-corrected chi connectivity index (χ4v) is 2.78. The zero-order valence-electron chi connectivity index (χ0n) is 20.1. The third kappa shape index (κ3) is 11.2. The number of aromatic nitrogens is 3. The molecule has 0 bridgehead atoms. The summed E-state index contributed by atoms with van der Waals surface area (Å²) in [5.74, 6) is 5.20. The van der Waals surface area contributed by atoms with E-state index in [1.165, 1.54) is 10.7 Å². The number of hydrogen-bond acceptors (Lipinski definition) is 8. The van der Waals surface area contributed by atoms with Crippen molar-refractivity contribution < 1.29 is 40.6 Å². The molecule has 2 heterocycles. The van der Waals surface area contributed by atoms with E-state index >= 15 is 0 Å². The predicted molar refractivity (Wildman–Crippen MR) is 138 cm³/mol. The van der Waals surface area contributed by atoms with Crippen molar-refractivity contribution in [3.8, 4) is 17.6 Å². The lowest BCUT2D eigenvalue weighted by Crippen LogP contribution is -2.08. The fraction of sp³-hybridized carbons (Fsp3) is 0.125. The summed E-state index contributed by atoms with van der Waals surface area (Å²) in [5, 5.41) is 17.5. The molecule has 12 nitrogen and oxygen atoms in total. The molecule has 200 valence electrons. The third-order valence-corrected chi connectivity index (χ3v) is 4.11. The van der Waals surface area contributed by atoms with E-state index in [2.05, 4.69) is 22.2 Å². The van der Waals surface area contributed by atoms with Crippen LogP contribution in [0.5, 0.6) is 5.75 Å². The van der Waals surface area contributed by atoms with Crippen LogP contribution in [0.4, 0.5) is 0 Å². The molecular formula is C24H23N3O9S2. The molecule has 4 aromatic rings. The highest BCUT2D eigenvalue weighted by Gasteiger charge is 2.20. The molecule has 2 aromatic heterocycles. The standard InChI is InChI=1S/C22H15N3O3.2CH4O3S/c26-22(27)21-19-14-23-24-25(19)18(12-11-16-7-3-1-4-8-16)13-20(21)28-15-17-9-5-2-6-10-17;2*1-5(2,3)4/h1-10,13-14H,15H2,(H,26,27);2*1H3,(H,2,3,4). The zero-order chi connectivity index (χ0) is 28.3. The van der Waals surface area contributed by atoms with Crippen molar-refractivity contribution in [1.29, 1.82) is 0 Å². The molecule has 38 heavy (non-hydrogen) atoms. The van der Waals surface area contributed by atoms with Crippen LogP contribution in [-0.2, 0) is 26.8 Å². The van der Waals surface area contributed by atoms with Gasteiger partial charge in [-0.05, 0) is 23.6 Å². The molecule has 0 unspecified atom stereocenters. The van der Waals surface area contributed by atoms with Gasteiger partial charge in [0.15, 0.2) is 0 Å². The molecule has 0 aliphatic carbocycles. The summed E-state index contributed by atoms with van der Waals surface area (Å²) in [4.78, 5) is 11.9. The van der Waals surface area contributed by atoms with Gasteiger partial charge in [-0.1, -0.05) is 59.7 Å². The molecule has 0 atom stereocenters. The highest BCUT2D eigenvalue weighted by atomic mass is 32.2. The second-order valence-electron chi connectivity index (χ2n) is 7.46. The van der Waals surface area contributed by atoms with Gasteiger partial charge < -0.3 is 9.84 Å². The summed E-state index contributed by atoms with van der Waals surface area (Å²) < 4.78 is 59.0. The number of ether oxygens (including phenoxy) is 1. The lowest BCUT2D eigenvalue weighted by molar-refractivity contribution is 0.0693. The largest absolute Gasteiger partial charge is 0.488 e. The van der Waals surface area contributed by atoms with Crippen molar-refractivity contribution in [3.05, 3.63) is 95.3 Å². The van der Waals surface area contributed by atoms with Crippen molar-refractivity contribution in [2.24, 2.45) is 0 Å². The van der Waals surface area contributed by atoms with Crippen LogP contribution in [0.2, 0.25) is 0 Å². The van der Waals surface area contributed by atoms with Crippen LogP contribution in [-0.4, -0.2) is 64.4 Å². The van der Waals surface area contributed by atoms with Crippen LogP contribution < -0.4 is 4.74 Å². The smallest absolute Gasteiger partial charge is 0.341 e. The summed E-state index contributed by atoms with van der Waals surface area (Å²) in [6.45, 7) is 0.240. The molecule has 14 heteroatoms. The second kappa shape index (κ2) is 13.3. The van der Waals surface area contributed by atoms with Crippen LogP contribution in [0.1, 0.15) is 27.2 Å². The molecule has 4 rings (SSSR count). The maximum absolute atomic E-state index is 11.9. The summed E-state index contributed by atoms with van der Waals surface area (Å²) in [5.41, 5.74) is 2.60. The summed E-state index contributed by atoms with van der Waals surface area (Å²) in [7, 11) is -7.33. The van der Waals surface area contributed by atoms with Crippen LogP contribution in [0.25, 0.3) is 5.52 Å². The minimum Gasteiger partial charge on any atom is -0.488 e. The number of hydrogen-bond donors (Lipinski definition) is 3. The normalized spacial score (nSPS) is 10.6. The van der Waals surface area contributed by atoms with Gasteiger partial charge in [0.25, 0.3) is 20.2 Å². The molecule has 3 N–H and O–H groups in total. The second-order valence-corrected chi connectivity index (χ2v) is 10.4. The van der Waals surface area contributed by atoms with Gasteiger partial charge in [-0.15, -0.1) is 5.10 Å². The first kappa shape index (κ1) is 29.9. The Morgan fingerprint density at radius 2 is 1.45 bits per heavy atom. The Morgan fingerprint density at radius 3 is 1.97 bits per heavy atom. The monoisotopic (exact) mass is 561 g/mol. The fourth-order valence-electron chi connectivity index (χ4n) is 2.78. The number of nitrogens with zero attached hydrogens (tertiary/aromatic N) is 3. The van der Waals surface area contributed by atoms with Gasteiger partial charge in [0.05, 0.1) is 18.7 Å². The average Bonchev–Trinajstić information content (AvgIpc) is 3.30. The Hall–Kier alpha value is -4.29. The van der Waals surface area contributed by atoms with Crippen LogP contribution in [0, 0.1) is 11.8 Å². The van der Waals surface area contributed by atoms with Gasteiger partial charge in [-0.3, -0.25) is 9.11 Å². The maximum atomic E-state index is 11.9. The van der Waals surface area contributed by atoms with E-state index in [0.29, 0.717) is 23.7 Å². The lowest BCUT2D eigenvalue weighted by Gasteiger charge is -2.11. The number of carboxylic acid groups (broad SMARTS) is 1. The first-order valence-corrected chi connectivity index (χ1v) is 14.1. The highest BCUT2D eigenvalue weighted by Crippen LogP contribution is 2.26. The van der Waals surface area contributed by atoms with Gasteiger partial charge in [0.1, 0.15) is 29.1 Å². The van der Waals surface area contributed by atoms with E-state index in [1.54, 1.807) is 6.07 Å². The third-order valence-electron chi connectivity index (χ3n) is 4.11. The van der Waals surface area contributed by atoms with Crippen molar-refractivity contribution >= 4 is 31.7 Å². The number of rotatable bonds is 4. The molecule has 0 amide bonds. The number of aromatic carboxylic acids is 1. The molecule has 0 fully saturated rings. The number of carboxylic acids is 1. The molecule has 0 saturated heterocycles. The predicted octanol–water partition coefficient (Wildman–Crippen LogP) is 2.41. The summed E-state index contributed by atoms with van der Waals surface area (Å²) >= 11 is 0. The van der Waals surface area contributed by atoms with Gasteiger partial charge >= 0.3 is 5.97 Å². The molecular weight excluding hydrogens is 538 g/mol. The van der Waals surface area contributed by atoms with Crippen LogP contribution in [0.3, 0.4) is 0 Å². The van der Waals surface area contributed by atoms with Crippen molar-refractivity contribution in [3.63, 3.8) is 0 Å². The van der Waals surface area contributed by atoms with E-state index < -0.39 is 26.2 Å². The molecule has 2 aromatic carbocycles. The highest BCUT2D eigenvalue weighted by molar-refractivity contribution is 7.85. The van der Waals surface area contributed by atoms with E-state index in [4.69, 9.17) is 13.8 Å². The minimum absolute atomic E-state index is 0.00573. The first-order chi connectivity index (χ1) is 17.7. The molecule has 0 aliphatic heterocycles. The molecule has 0 aliphatic rings. The van der Waals surface area contributed by atoms with Crippen molar-refractivity contribution in [2.45, 2.75) is 6.61 Å². The van der Waals surface area contributed by atoms with Gasteiger partial charge in [0, 0.05) is 11.6 Å². The van der Waals surface area contributed by atoms with Crippen molar-refractivity contribution in [2.75, 3.05) is 12.5 Å². The Balaban J connectivity index is 0.000000435. The number of fused-ring (bicyclic) bond motifs is 1. The van der Waals surface area contributed by atoms with E-state index in [-0.39, 0.29) is 17.9 Å². The number of pyridine rings is 1. The Bertz CT molecular complexity index is 1610. The SMILES string of the molecule is CS(=O)(=O)O.CS(=O)(=O)O.O=C(O)c1c(OCc2ccccc2)cc(C#Cc2ccccc2)n2nncc12. The number of carbonyl (C=O) groups is 1. The maximum Gasteiger partial charge on any atom is 0.341 e.